The molecule has 1 aliphatic heterocycles. The van der Waals surface area contributed by atoms with Crippen LogP contribution in [0.25, 0.3) is 0 Å². The third-order valence-electron chi connectivity index (χ3n) is 2.69. The molecule has 0 saturated carbocycles. The molecule has 1 amide bonds. The quantitative estimate of drug-likeness (QED) is 0.823. The van der Waals surface area contributed by atoms with Gasteiger partial charge in [0.1, 0.15) is 0 Å². The second-order valence-corrected chi connectivity index (χ2v) is 3.98. The van der Waals surface area contributed by atoms with Crippen molar-refractivity contribution in [1.29, 1.82) is 0 Å². The van der Waals surface area contributed by atoms with Gasteiger partial charge in [0.25, 0.3) is 0 Å². The van der Waals surface area contributed by atoms with E-state index >= 15 is 0 Å². The lowest BCUT2D eigenvalue weighted by Crippen LogP contribution is -2.37. The predicted octanol–water partition coefficient (Wildman–Crippen LogP) is 0.416. The molecule has 17 heavy (non-hydrogen) atoms. The maximum absolute atomic E-state index is 11.7. The van der Waals surface area contributed by atoms with E-state index in [2.05, 4.69) is 20.8 Å². The fraction of sp³-hybridized carbons (Fsp3) is 0.700. The predicted molar refractivity (Wildman–Crippen MR) is 63.7 cm³/mol. The monoisotopic (exact) mass is 260 g/mol. The maximum Gasteiger partial charge on any atom is 0.246 e. The number of halogens is 1. The minimum atomic E-state index is 0. The van der Waals surface area contributed by atoms with Gasteiger partial charge >= 0.3 is 0 Å². The fourth-order valence-electron chi connectivity index (χ4n) is 1.80. The Morgan fingerprint density at radius 1 is 1.53 bits per heavy atom. The minimum Gasteiger partial charge on any atom is -0.347 e. The third kappa shape index (κ3) is 3.98. The van der Waals surface area contributed by atoms with Crippen LogP contribution in [-0.2, 0) is 11.3 Å². The molecule has 0 bridgehead atoms. The van der Waals surface area contributed by atoms with E-state index in [1.807, 2.05) is 0 Å². The van der Waals surface area contributed by atoms with Gasteiger partial charge in [0.15, 0.2) is 5.82 Å². The number of amides is 1. The maximum atomic E-state index is 11.7. The number of carbonyl (C=O) groups excluding carboxylic acids is 1. The molecule has 0 unspecified atom stereocenters. The molecular weight excluding hydrogens is 244 g/mol. The first-order valence-corrected chi connectivity index (χ1v) is 5.53. The smallest absolute Gasteiger partial charge is 0.246 e. The highest BCUT2D eigenvalue weighted by atomic mass is 35.5. The zero-order valence-electron chi connectivity index (χ0n) is 9.73. The average molecular weight is 261 g/mol. The number of carbonyl (C=O) groups is 1. The Bertz CT molecular complexity index is 363. The number of rotatable bonds is 3. The average Bonchev–Trinajstić information content (AvgIpc) is 2.73. The van der Waals surface area contributed by atoms with E-state index in [1.165, 1.54) is 0 Å². The Labute approximate surface area is 106 Å². The fourth-order valence-corrected chi connectivity index (χ4v) is 1.80. The van der Waals surface area contributed by atoms with Gasteiger partial charge in [-0.3, -0.25) is 4.79 Å². The lowest BCUT2D eigenvalue weighted by molar-refractivity contribution is -0.126. The topological polar surface area (TPSA) is 80.0 Å². The van der Waals surface area contributed by atoms with Crippen molar-refractivity contribution in [3.05, 3.63) is 11.7 Å². The lowest BCUT2D eigenvalue weighted by Gasteiger charge is -2.21. The number of nitrogens with one attached hydrogen (secondary N) is 2. The first kappa shape index (κ1) is 13.9. The van der Waals surface area contributed by atoms with Crippen LogP contribution in [0, 0.1) is 12.8 Å². The highest BCUT2D eigenvalue weighted by molar-refractivity contribution is 5.85. The van der Waals surface area contributed by atoms with Crippen LogP contribution in [0.3, 0.4) is 0 Å². The van der Waals surface area contributed by atoms with Crippen molar-refractivity contribution in [2.75, 3.05) is 13.1 Å². The van der Waals surface area contributed by atoms with Gasteiger partial charge in [0.05, 0.1) is 6.54 Å². The number of hydrogen-bond acceptors (Lipinski definition) is 5. The Morgan fingerprint density at radius 2 is 2.24 bits per heavy atom. The van der Waals surface area contributed by atoms with E-state index < -0.39 is 0 Å². The molecule has 2 rings (SSSR count). The summed E-state index contributed by atoms with van der Waals surface area (Å²) in [4.78, 5) is 15.8. The van der Waals surface area contributed by atoms with Crippen LogP contribution < -0.4 is 10.6 Å². The zero-order chi connectivity index (χ0) is 11.4. The van der Waals surface area contributed by atoms with E-state index in [4.69, 9.17) is 4.52 Å². The molecule has 0 atom stereocenters. The SMILES string of the molecule is Cc1noc(CNC(=O)C2CCNCC2)n1.Cl. The zero-order valence-corrected chi connectivity index (χ0v) is 10.5. The van der Waals surface area contributed by atoms with Gasteiger partial charge in [-0.25, -0.2) is 0 Å². The second-order valence-electron chi connectivity index (χ2n) is 3.98. The van der Waals surface area contributed by atoms with E-state index in [-0.39, 0.29) is 24.2 Å². The molecular formula is C10H17ClN4O2. The molecule has 0 aromatic carbocycles. The second kappa shape index (κ2) is 6.56. The number of aryl methyl sites for hydroxylation is 1. The van der Waals surface area contributed by atoms with Gasteiger partial charge < -0.3 is 15.2 Å². The van der Waals surface area contributed by atoms with Crippen LogP contribution in [0.1, 0.15) is 24.6 Å². The van der Waals surface area contributed by atoms with Crippen molar-refractivity contribution in [3.8, 4) is 0 Å². The normalized spacial score (nSPS) is 16.3. The van der Waals surface area contributed by atoms with Crippen LogP contribution in [-0.4, -0.2) is 29.1 Å². The van der Waals surface area contributed by atoms with Crippen molar-refractivity contribution in [2.24, 2.45) is 5.92 Å². The summed E-state index contributed by atoms with van der Waals surface area (Å²) < 4.78 is 4.91. The summed E-state index contributed by atoms with van der Waals surface area (Å²) in [6.07, 6.45) is 1.80. The molecule has 1 aromatic rings. The van der Waals surface area contributed by atoms with Crippen molar-refractivity contribution in [3.63, 3.8) is 0 Å². The Balaban J connectivity index is 0.00000144. The molecule has 0 radical (unpaired) electrons. The number of nitrogens with zero attached hydrogens (tertiary/aromatic N) is 2. The summed E-state index contributed by atoms with van der Waals surface area (Å²) in [5.74, 6) is 1.24. The Hall–Kier alpha value is -1.14. The highest BCUT2D eigenvalue weighted by Gasteiger charge is 2.20. The van der Waals surface area contributed by atoms with Crippen molar-refractivity contribution >= 4 is 18.3 Å². The third-order valence-corrected chi connectivity index (χ3v) is 2.69. The largest absolute Gasteiger partial charge is 0.347 e. The van der Waals surface area contributed by atoms with E-state index in [0.29, 0.717) is 18.3 Å². The summed E-state index contributed by atoms with van der Waals surface area (Å²) in [7, 11) is 0. The van der Waals surface area contributed by atoms with Gasteiger partial charge in [-0.1, -0.05) is 5.16 Å². The summed E-state index contributed by atoms with van der Waals surface area (Å²) in [5, 5.41) is 9.70. The minimum absolute atomic E-state index is 0. The molecule has 1 aliphatic rings. The summed E-state index contributed by atoms with van der Waals surface area (Å²) in [6.45, 7) is 3.90. The molecule has 1 aromatic heterocycles. The molecule has 2 N–H and O–H groups in total. The van der Waals surface area contributed by atoms with Gasteiger partial charge in [0, 0.05) is 5.92 Å². The van der Waals surface area contributed by atoms with Gasteiger partial charge in [-0.05, 0) is 32.9 Å². The number of hydrogen-bond donors (Lipinski definition) is 2. The number of piperidine rings is 1. The van der Waals surface area contributed by atoms with E-state index in [1.54, 1.807) is 6.92 Å². The molecule has 0 aliphatic carbocycles. The van der Waals surface area contributed by atoms with Gasteiger partial charge in [-0.2, -0.15) is 4.98 Å². The van der Waals surface area contributed by atoms with Crippen molar-refractivity contribution in [1.82, 2.24) is 20.8 Å². The molecule has 2 heterocycles. The summed E-state index contributed by atoms with van der Waals surface area (Å²) >= 11 is 0. The molecule has 1 fully saturated rings. The van der Waals surface area contributed by atoms with E-state index in [0.717, 1.165) is 25.9 Å². The standard InChI is InChI=1S/C10H16N4O2.ClH/c1-7-13-9(16-14-7)6-12-10(15)8-2-4-11-5-3-8;/h8,11H,2-6H2,1H3,(H,12,15);1H. The summed E-state index contributed by atoms with van der Waals surface area (Å²) in [6, 6.07) is 0. The van der Waals surface area contributed by atoms with Crippen LogP contribution in [0.15, 0.2) is 4.52 Å². The Morgan fingerprint density at radius 3 is 2.82 bits per heavy atom. The summed E-state index contributed by atoms with van der Waals surface area (Å²) in [5.41, 5.74) is 0. The molecule has 6 nitrogen and oxygen atoms in total. The van der Waals surface area contributed by atoms with Crippen LogP contribution in [0.5, 0.6) is 0 Å². The van der Waals surface area contributed by atoms with Gasteiger partial charge in [-0.15, -0.1) is 12.4 Å². The van der Waals surface area contributed by atoms with Crippen LogP contribution in [0.2, 0.25) is 0 Å². The molecule has 0 spiro atoms. The van der Waals surface area contributed by atoms with Crippen molar-refractivity contribution in [2.45, 2.75) is 26.3 Å². The van der Waals surface area contributed by atoms with Crippen LogP contribution >= 0.6 is 12.4 Å². The first-order chi connectivity index (χ1) is 7.75. The highest BCUT2D eigenvalue weighted by Crippen LogP contribution is 2.11. The van der Waals surface area contributed by atoms with Crippen LogP contribution in [0.4, 0.5) is 0 Å². The molecule has 1 saturated heterocycles. The number of aromatic nitrogens is 2. The van der Waals surface area contributed by atoms with E-state index in [9.17, 15) is 4.79 Å². The Kier molecular flexibility index (Phi) is 5.37. The molecule has 7 heteroatoms. The van der Waals surface area contributed by atoms with Crippen molar-refractivity contribution < 1.29 is 9.32 Å². The first-order valence-electron chi connectivity index (χ1n) is 5.53. The lowest BCUT2D eigenvalue weighted by atomic mass is 9.97. The van der Waals surface area contributed by atoms with Gasteiger partial charge in [0.2, 0.25) is 11.8 Å². The molecule has 96 valence electrons.